The number of nitrogens with one attached hydrogen (secondary N) is 1. The summed E-state index contributed by atoms with van der Waals surface area (Å²) in [6, 6.07) is 7.36. The van der Waals surface area contributed by atoms with Crippen LogP contribution in [0.4, 0.5) is 0 Å². The number of carbonyl (C=O) groups is 2. The highest BCUT2D eigenvalue weighted by atomic mass is 35.5. The second kappa shape index (κ2) is 7.46. The molecule has 0 aromatic heterocycles. The summed E-state index contributed by atoms with van der Waals surface area (Å²) in [7, 11) is 1.81. The van der Waals surface area contributed by atoms with E-state index < -0.39 is 0 Å². The Kier molecular flexibility index (Phi) is 5.62. The van der Waals surface area contributed by atoms with Crippen LogP contribution >= 0.6 is 11.6 Å². The largest absolute Gasteiger partial charge is 0.352 e. The first kappa shape index (κ1) is 15.8. The average Bonchev–Trinajstić information content (AvgIpc) is 2.62. The minimum atomic E-state index is -0.178. The van der Waals surface area contributed by atoms with E-state index in [1.807, 2.05) is 19.2 Å². The lowest BCUT2D eigenvalue weighted by Crippen LogP contribution is -2.34. The molecule has 114 valence electrons. The molecule has 1 fully saturated rings. The van der Waals surface area contributed by atoms with Crippen LogP contribution in [0.15, 0.2) is 24.3 Å². The summed E-state index contributed by atoms with van der Waals surface area (Å²) < 4.78 is 0. The molecule has 0 spiro atoms. The van der Waals surface area contributed by atoms with Crippen molar-refractivity contribution < 1.29 is 9.59 Å². The van der Waals surface area contributed by atoms with Crippen LogP contribution < -0.4 is 5.32 Å². The van der Waals surface area contributed by atoms with Crippen molar-refractivity contribution in [3.8, 4) is 0 Å². The number of halogens is 1. The van der Waals surface area contributed by atoms with Crippen LogP contribution in [-0.2, 0) is 16.1 Å². The minimum Gasteiger partial charge on any atom is -0.352 e. The summed E-state index contributed by atoms with van der Waals surface area (Å²) >= 11 is 5.82. The maximum Gasteiger partial charge on any atom is 0.225 e. The van der Waals surface area contributed by atoms with Gasteiger partial charge in [-0.05, 0) is 30.5 Å². The molecule has 0 bridgehead atoms. The number of benzene rings is 1. The number of likely N-dealkylation sites (tertiary alicyclic amines) is 1. The first-order valence-corrected chi connectivity index (χ1v) is 7.70. The monoisotopic (exact) mass is 308 g/mol. The topological polar surface area (TPSA) is 49.4 Å². The van der Waals surface area contributed by atoms with Crippen molar-refractivity contribution >= 4 is 23.4 Å². The highest BCUT2D eigenvalue weighted by Crippen LogP contribution is 2.20. The van der Waals surface area contributed by atoms with E-state index >= 15 is 0 Å². The minimum absolute atomic E-state index is 0.0707. The van der Waals surface area contributed by atoms with Crippen LogP contribution in [0, 0.1) is 5.92 Å². The van der Waals surface area contributed by atoms with Crippen molar-refractivity contribution in [1.29, 1.82) is 0 Å². The first-order chi connectivity index (χ1) is 10.1. The van der Waals surface area contributed by atoms with Gasteiger partial charge in [0.1, 0.15) is 0 Å². The van der Waals surface area contributed by atoms with Crippen molar-refractivity contribution in [3.05, 3.63) is 34.9 Å². The number of hydrogen-bond donors (Lipinski definition) is 1. The lowest BCUT2D eigenvalue weighted by Gasteiger charge is -2.19. The van der Waals surface area contributed by atoms with Crippen molar-refractivity contribution in [1.82, 2.24) is 10.2 Å². The van der Waals surface area contributed by atoms with Crippen LogP contribution in [0.25, 0.3) is 0 Å². The van der Waals surface area contributed by atoms with Gasteiger partial charge in [0, 0.05) is 37.5 Å². The maximum absolute atomic E-state index is 12.1. The molecule has 2 rings (SSSR count). The van der Waals surface area contributed by atoms with Gasteiger partial charge in [-0.1, -0.05) is 30.2 Å². The van der Waals surface area contributed by atoms with Crippen LogP contribution in [0.5, 0.6) is 0 Å². The fourth-order valence-electron chi connectivity index (χ4n) is 2.57. The highest BCUT2D eigenvalue weighted by molar-refractivity contribution is 6.30. The van der Waals surface area contributed by atoms with Crippen LogP contribution in [0.2, 0.25) is 5.02 Å². The van der Waals surface area contributed by atoms with Gasteiger partial charge in [-0.3, -0.25) is 9.59 Å². The van der Waals surface area contributed by atoms with E-state index in [9.17, 15) is 9.59 Å². The van der Waals surface area contributed by atoms with Crippen molar-refractivity contribution in [2.24, 2.45) is 5.92 Å². The zero-order valence-corrected chi connectivity index (χ0v) is 13.0. The third kappa shape index (κ3) is 4.74. The molecule has 1 unspecified atom stereocenters. The van der Waals surface area contributed by atoms with E-state index in [2.05, 4.69) is 5.32 Å². The average molecular weight is 309 g/mol. The zero-order chi connectivity index (χ0) is 15.2. The van der Waals surface area contributed by atoms with Gasteiger partial charge in [-0.15, -0.1) is 0 Å². The molecule has 21 heavy (non-hydrogen) atoms. The van der Waals surface area contributed by atoms with Gasteiger partial charge in [0.05, 0.1) is 0 Å². The molecule has 1 heterocycles. The molecule has 1 aliphatic heterocycles. The number of rotatable bonds is 4. The highest BCUT2D eigenvalue weighted by Gasteiger charge is 2.26. The molecule has 2 amide bonds. The Labute approximate surface area is 130 Å². The smallest absolute Gasteiger partial charge is 0.225 e. The van der Waals surface area contributed by atoms with Crippen molar-refractivity contribution in [2.75, 3.05) is 13.6 Å². The molecule has 1 aromatic carbocycles. The van der Waals surface area contributed by atoms with E-state index in [0.29, 0.717) is 11.6 Å². The summed E-state index contributed by atoms with van der Waals surface area (Å²) in [5.41, 5.74) is 0.997. The molecule has 5 heteroatoms. The van der Waals surface area contributed by atoms with Gasteiger partial charge < -0.3 is 10.2 Å². The molecule has 0 radical (unpaired) electrons. The molecule has 0 saturated carbocycles. The van der Waals surface area contributed by atoms with Gasteiger partial charge in [0.15, 0.2) is 0 Å². The van der Waals surface area contributed by atoms with E-state index in [4.69, 9.17) is 11.6 Å². The Hall–Kier alpha value is -1.55. The van der Waals surface area contributed by atoms with Crippen LogP contribution in [0.1, 0.15) is 31.2 Å². The van der Waals surface area contributed by atoms with Gasteiger partial charge >= 0.3 is 0 Å². The normalized spacial score (nSPS) is 19.2. The fraction of sp³-hybridized carbons (Fsp3) is 0.500. The molecular formula is C16H21ClN2O2. The second-order valence-electron chi connectivity index (χ2n) is 5.56. The molecule has 1 saturated heterocycles. The van der Waals surface area contributed by atoms with Crippen molar-refractivity contribution in [2.45, 2.75) is 32.2 Å². The second-order valence-corrected chi connectivity index (χ2v) is 6.00. The summed E-state index contributed by atoms with van der Waals surface area (Å²) in [4.78, 5) is 25.9. The third-order valence-electron chi connectivity index (χ3n) is 3.86. The van der Waals surface area contributed by atoms with E-state index in [1.54, 1.807) is 17.0 Å². The lowest BCUT2D eigenvalue weighted by molar-refractivity contribution is -0.136. The van der Waals surface area contributed by atoms with E-state index in [0.717, 1.165) is 31.4 Å². The molecule has 1 aromatic rings. The molecular weight excluding hydrogens is 288 g/mol. The third-order valence-corrected chi connectivity index (χ3v) is 4.11. The lowest BCUT2D eigenvalue weighted by atomic mass is 9.98. The predicted molar refractivity (Wildman–Crippen MR) is 82.9 cm³/mol. The Bertz CT molecular complexity index is 502. The van der Waals surface area contributed by atoms with Crippen molar-refractivity contribution in [3.63, 3.8) is 0 Å². The number of carbonyl (C=O) groups excluding carboxylic acids is 2. The van der Waals surface area contributed by atoms with E-state index in [1.165, 1.54) is 0 Å². The Morgan fingerprint density at radius 3 is 2.76 bits per heavy atom. The summed E-state index contributed by atoms with van der Waals surface area (Å²) in [5.74, 6) is -0.157. The van der Waals surface area contributed by atoms with E-state index in [-0.39, 0.29) is 24.2 Å². The number of hydrogen-bond acceptors (Lipinski definition) is 2. The zero-order valence-electron chi connectivity index (χ0n) is 12.3. The summed E-state index contributed by atoms with van der Waals surface area (Å²) in [6.07, 6.45) is 3.10. The first-order valence-electron chi connectivity index (χ1n) is 7.32. The molecule has 0 aliphatic carbocycles. The van der Waals surface area contributed by atoms with Gasteiger partial charge in [0.2, 0.25) is 11.8 Å². The molecule has 1 aliphatic rings. The fourth-order valence-corrected chi connectivity index (χ4v) is 2.70. The summed E-state index contributed by atoms with van der Waals surface area (Å²) in [6.45, 7) is 1.26. The number of nitrogens with zero attached hydrogens (tertiary/aromatic N) is 1. The Balaban J connectivity index is 1.83. The van der Waals surface area contributed by atoms with Gasteiger partial charge in [-0.25, -0.2) is 0 Å². The Morgan fingerprint density at radius 1 is 1.33 bits per heavy atom. The SMILES string of the molecule is CN1CCCCC(CC(=O)NCc2ccc(Cl)cc2)C1=O. The molecule has 4 nitrogen and oxygen atoms in total. The molecule has 1 N–H and O–H groups in total. The standard InChI is InChI=1S/C16H21ClN2O2/c1-19-9-3-2-4-13(16(19)21)10-15(20)18-11-12-5-7-14(17)8-6-12/h5-8,13H,2-4,9-11H2,1H3,(H,18,20). The summed E-state index contributed by atoms with van der Waals surface area (Å²) in [5, 5.41) is 3.55. The predicted octanol–water partition coefficient (Wildman–Crippen LogP) is 2.60. The van der Waals surface area contributed by atoms with Crippen LogP contribution in [-0.4, -0.2) is 30.3 Å². The van der Waals surface area contributed by atoms with Gasteiger partial charge in [0.25, 0.3) is 0 Å². The maximum atomic E-state index is 12.1. The number of amides is 2. The quantitative estimate of drug-likeness (QED) is 0.929. The Morgan fingerprint density at radius 2 is 2.05 bits per heavy atom. The van der Waals surface area contributed by atoms with Gasteiger partial charge in [-0.2, -0.15) is 0 Å². The van der Waals surface area contributed by atoms with Crippen LogP contribution in [0.3, 0.4) is 0 Å². The molecule has 1 atom stereocenters.